The van der Waals surface area contributed by atoms with Gasteiger partial charge >= 0.3 is 0 Å². The van der Waals surface area contributed by atoms with Crippen LogP contribution in [0.1, 0.15) is 11.1 Å². The first-order chi connectivity index (χ1) is 8.81. The van der Waals surface area contributed by atoms with Crippen LogP contribution in [-0.2, 0) is 17.9 Å². The van der Waals surface area contributed by atoms with E-state index in [1.165, 1.54) is 17.5 Å². The van der Waals surface area contributed by atoms with Gasteiger partial charge in [-0.3, -0.25) is 0 Å². The first-order valence-corrected chi connectivity index (χ1v) is 6.35. The normalized spacial score (nSPS) is 10.3. The molecule has 0 aliphatic carbocycles. The molecule has 0 atom stereocenters. The van der Waals surface area contributed by atoms with Crippen molar-refractivity contribution in [2.24, 2.45) is 0 Å². The lowest BCUT2D eigenvalue weighted by Gasteiger charge is -2.11. The van der Waals surface area contributed by atoms with Crippen LogP contribution in [0.25, 0.3) is 0 Å². The fraction of sp³-hybridized carbons (Fsp3) is 0.231. The molecule has 0 bridgehead atoms. The summed E-state index contributed by atoms with van der Waals surface area (Å²) in [6, 6.07) is 8.18. The van der Waals surface area contributed by atoms with Gasteiger partial charge < -0.3 is 10.1 Å². The molecule has 2 aromatic rings. The van der Waals surface area contributed by atoms with Crippen molar-refractivity contribution >= 4 is 21.7 Å². The standard InChI is InChI=1S/C13H14BrN3O/c1-18-8-11-5-3-2-4-10(11)6-16-13-12(14)7-15-9-17-13/h2-5,7,9H,6,8H2,1H3,(H,15,16,17). The predicted octanol–water partition coefficient (Wildman–Crippen LogP) is 3.00. The number of rotatable bonds is 5. The van der Waals surface area contributed by atoms with Gasteiger partial charge in [-0.05, 0) is 27.1 Å². The molecule has 0 amide bonds. The first kappa shape index (κ1) is 13.0. The van der Waals surface area contributed by atoms with Gasteiger partial charge in [-0.15, -0.1) is 0 Å². The zero-order valence-electron chi connectivity index (χ0n) is 10.1. The summed E-state index contributed by atoms with van der Waals surface area (Å²) in [6.45, 7) is 1.32. The molecule has 2 rings (SSSR count). The molecule has 0 saturated carbocycles. The van der Waals surface area contributed by atoms with Crippen LogP contribution in [0.4, 0.5) is 5.82 Å². The Kier molecular flexibility index (Phi) is 4.66. The molecule has 0 fully saturated rings. The summed E-state index contributed by atoms with van der Waals surface area (Å²) in [5.74, 6) is 0.789. The number of benzene rings is 1. The minimum atomic E-state index is 0.614. The highest BCUT2D eigenvalue weighted by Gasteiger charge is 2.03. The van der Waals surface area contributed by atoms with Crippen molar-refractivity contribution in [2.75, 3.05) is 12.4 Å². The smallest absolute Gasteiger partial charge is 0.144 e. The number of anilines is 1. The number of aromatic nitrogens is 2. The number of hydrogen-bond donors (Lipinski definition) is 1. The van der Waals surface area contributed by atoms with E-state index in [1.54, 1.807) is 13.3 Å². The van der Waals surface area contributed by atoms with Gasteiger partial charge in [0.1, 0.15) is 12.1 Å². The van der Waals surface area contributed by atoms with E-state index in [9.17, 15) is 0 Å². The third-order valence-electron chi connectivity index (χ3n) is 2.53. The molecule has 1 heterocycles. The van der Waals surface area contributed by atoms with Gasteiger partial charge in [0.05, 0.1) is 11.1 Å². The van der Waals surface area contributed by atoms with E-state index in [1.807, 2.05) is 12.1 Å². The van der Waals surface area contributed by atoms with E-state index >= 15 is 0 Å². The molecule has 1 aromatic heterocycles. The van der Waals surface area contributed by atoms with Crippen LogP contribution in [0, 0.1) is 0 Å². The van der Waals surface area contributed by atoms with Crippen LogP contribution in [0.3, 0.4) is 0 Å². The Labute approximate surface area is 115 Å². The van der Waals surface area contributed by atoms with Crippen LogP contribution in [-0.4, -0.2) is 17.1 Å². The van der Waals surface area contributed by atoms with Crippen LogP contribution in [0.15, 0.2) is 41.3 Å². The molecule has 0 spiro atoms. The maximum Gasteiger partial charge on any atom is 0.144 e. The zero-order chi connectivity index (χ0) is 12.8. The highest BCUT2D eigenvalue weighted by molar-refractivity contribution is 9.10. The van der Waals surface area contributed by atoms with E-state index in [2.05, 4.69) is 43.3 Å². The molecule has 0 aliphatic rings. The molecule has 0 radical (unpaired) electrons. The van der Waals surface area contributed by atoms with Gasteiger partial charge in [0.15, 0.2) is 0 Å². The Hall–Kier alpha value is -1.46. The summed E-state index contributed by atoms with van der Waals surface area (Å²) in [7, 11) is 1.70. The predicted molar refractivity (Wildman–Crippen MR) is 74.2 cm³/mol. The third-order valence-corrected chi connectivity index (χ3v) is 3.11. The van der Waals surface area contributed by atoms with Crippen LogP contribution in [0.2, 0.25) is 0 Å². The maximum atomic E-state index is 5.18. The van der Waals surface area contributed by atoms with Gasteiger partial charge in [0.25, 0.3) is 0 Å². The largest absolute Gasteiger partial charge is 0.380 e. The highest BCUT2D eigenvalue weighted by atomic mass is 79.9. The number of hydrogen-bond acceptors (Lipinski definition) is 4. The number of nitrogens with one attached hydrogen (secondary N) is 1. The second-order valence-corrected chi connectivity index (χ2v) is 4.63. The van der Waals surface area contributed by atoms with Crippen molar-refractivity contribution in [2.45, 2.75) is 13.2 Å². The Balaban J connectivity index is 2.08. The Bertz CT molecular complexity index is 519. The molecule has 5 heteroatoms. The van der Waals surface area contributed by atoms with Crippen molar-refractivity contribution in [1.82, 2.24) is 9.97 Å². The summed E-state index contributed by atoms with van der Waals surface area (Å²) in [4.78, 5) is 8.10. The second-order valence-electron chi connectivity index (χ2n) is 3.77. The molecule has 18 heavy (non-hydrogen) atoms. The first-order valence-electron chi connectivity index (χ1n) is 5.56. The van der Waals surface area contributed by atoms with Gasteiger partial charge in [-0.25, -0.2) is 9.97 Å². The fourth-order valence-electron chi connectivity index (χ4n) is 1.65. The van der Waals surface area contributed by atoms with Crippen molar-refractivity contribution < 1.29 is 4.74 Å². The number of halogens is 1. The summed E-state index contributed by atoms with van der Waals surface area (Å²) < 4.78 is 6.04. The number of methoxy groups -OCH3 is 1. The van der Waals surface area contributed by atoms with Crippen molar-refractivity contribution in [3.05, 3.63) is 52.4 Å². The van der Waals surface area contributed by atoms with E-state index in [0.29, 0.717) is 13.2 Å². The SMILES string of the molecule is COCc1ccccc1CNc1ncncc1Br. The van der Waals surface area contributed by atoms with Crippen molar-refractivity contribution in [3.63, 3.8) is 0 Å². The van der Waals surface area contributed by atoms with Gasteiger partial charge in [-0.1, -0.05) is 24.3 Å². The second kappa shape index (κ2) is 6.47. The molecule has 1 aromatic carbocycles. The average molecular weight is 308 g/mol. The Morgan fingerprint density at radius 1 is 1.28 bits per heavy atom. The van der Waals surface area contributed by atoms with Gasteiger partial charge in [0, 0.05) is 19.9 Å². The average Bonchev–Trinajstić information content (AvgIpc) is 2.40. The molecule has 1 N–H and O–H groups in total. The quantitative estimate of drug-likeness (QED) is 0.922. The minimum Gasteiger partial charge on any atom is -0.380 e. The van der Waals surface area contributed by atoms with E-state index in [0.717, 1.165) is 10.3 Å². The Morgan fingerprint density at radius 3 is 2.78 bits per heavy atom. The molecule has 0 aliphatic heterocycles. The molecule has 94 valence electrons. The van der Waals surface area contributed by atoms with Crippen molar-refractivity contribution in [3.8, 4) is 0 Å². The zero-order valence-corrected chi connectivity index (χ0v) is 11.6. The molecule has 0 saturated heterocycles. The van der Waals surface area contributed by atoms with Crippen molar-refractivity contribution in [1.29, 1.82) is 0 Å². The van der Waals surface area contributed by atoms with Crippen LogP contribution in [0.5, 0.6) is 0 Å². The third kappa shape index (κ3) is 3.27. The van der Waals surface area contributed by atoms with E-state index in [4.69, 9.17) is 4.74 Å². The summed E-state index contributed by atoms with van der Waals surface area (Å²) in [6.07, 6.45) is 3.24. The lowest BCUT2D eigenvalue weighted by atomic mass is 10.1. The van der Waals surface area contributed by atoms with Crippen LogP contribution < -0.4 is 5.32 Å². The van der Waals surface area contributed by atoms with Crippen LogP contribution >= 0.6 is 15.9 Å². The lowest BCUT2D eigenvalue weighted by Crippen LogP contribution is -2.05. The fourth-order valence-corrected chi connectivity index (χ4v) is 2.01. The summed E-state index contributed by atoms with van der Waals surface area (Å²) in [5, 5.41) is 3.27. The molecular weight excluding hydrogens is 294 g/mol. The van der Waals surface area contributed by atoms with E-state index < -0.39 is 0 Å². The topological polar surface area (TPSA) is 47.0 Å². The highest BCUT2D eigenvalue weighted by Crippen LogP contribution is 2.19. The summed E-state index contributed by atoms with van der Waals surface area (Å²) >= 11 is 3.41. The number of nitrogens with zero attached hydrogens (tertiary/aromatic N) is 2. The van der Waals surface area contributed by atoms with E-state index in [-0.39, 0.29) is 0 Å². The van der Waals surface area contributed by atoms with Gasteiger partial charge in [0.2, 0.25) is 0 Å². The molecule has 0 unspecified atom stereocenters. The lowest BCUT2D eigenvalue weighted by molar-refractivity contribution is 0.184. The Morgan fingerprint density at radius 2 is 2.06 bits per heavy atom. The number of ether oxygens (including phenoxy) is 1. The maximum absolute atomic E-state index is 5.18. The van der Waals surface area contributed by atoms with Gasteiger partial charge in [-0.2, -0.15) is 0 Å². The molecular formula is C13H14BrN3O. The minimum absolute atomic E-state index is 0.614. The monoisotopic (exact) mass is 307 g/mol. The summed E-state index contributed by atoms with van der Waals surface area (Å²) in [5.41, 5.74) is 2.38. The molecule has 4 nitrogen and oxygen atoms in total.